The molecule has 26 heavy (non-hydrogen) atoms. The summed E-state index contributed by atoms with van der Waals surface area (Å²) in [4.78, 5) is -0.0109. The minimum absolute atomic E-state index is 0.0109. The predicted molar refractivity (Wildman–Crippen MR) is 87.9 cm³/mol. The largest absolute Gasteiger partial charge is 0.416 e. The number of sulfonamides is 1. The average molecular weight is 388 g/mol. The molecule has 0 N–H and O–H groups in total. The lowest BCUT2D eigenvalue weighted by Gasteiger charge is -2.29. The molecule has 0 radical (unpaired) electrons. The minimum Gasteiger partial charge on any atom is -0.360 e. The zero-order chi connectivity index (χ0) is 19.3. The smallest absolute Gasteiger partial charge is 0.360 e. The summed E-state index contributed by atoms with van der Waals surface area (Å²) in [5, 5.41) is 3.69. The van der Waals surface area contributed by atoms with Crippen LogP contribution in [0.4, 0.5) is 13.2 Å². The first-order chi connectivity index (χ1) is 12.0. The average Bonchev–Trinajstić information content (AvgIpc) is 3.30. The Labute approximate surface area is 149 Å². The third-order valence-electron chi connectivity index (χ3n) is 4.49. The van der Waals surface area contributed by atoms with Gasteiger partial charge in [-0.15, -0.1) is 0 Å². The van der Waals surface area contributed by atoms with Crippen molar-refractivity contribution in [1.82, 2.24) is 9.46 Å². The molecule has 1 aliphatic carbocycles. The normalized spacial score (nSPS) is 16.9. The molecule has 1 saturated carbocycles. The number of alkyl halides is 3. The van der Waals surface area contributed by atoms with E-state index >= 15 is 0 Å². The Bertz CT molecular complexity index is 898. The Hall–Kier alpha value is -1.87. The number of aryl methyl sites for hydroxylation is 2. The van der Waals surface area contributed by atoms with Crippen LogP contribution in [-0.2, 0) is 16.2 Å². The van der Waals surface area contributed by atoms with Crippen LogP contribution in [0.2, 0.25) is 0 Å². The van der Waals surface area contributed by atoms with Gasteiger partial charge in [-0.25, -0.2) is 8.42 Å². The molecule has 0 amide bonds. The molecule has 1 aromatic carbocycles. The number of hydrogen-bond acceptors (Lipinski definition) is 4. The van der Waals surface area contributed by atoms with E-state index < -0.39 is 27.8 Å². The highest BCUT2D eigenvalue weighted by Crippen LogP contribution is 2.41. The summed E-state index contributed by atoms with van der Waals surface area (Å²) in [5.41, 5.74) is -0.265. The second-order valence-corrected chi connectivity index (χ2v) is 8.30. The second-order valence-electron chi connectivity index (χ2n) is 6.52. The molecule has 0 spiro atoms. The Balaban J connectivity index is 2.04. The van der Waals surface area contributed by atoms with E-state index in [4.69, 9.17) is 4.52 Å². The van der Waals surface area contributed by atoms with Crippen LogP contribution < -0.4 is 0 Å². The van der Waals surface area contributed by atoms with Crippen molar-refractivity contribution in [2.75, 3.05) is 0 Å². The van der Waals surface area contributed by atoms with E-state index in [0.29, 0.717) is 18.4 Å². The molecule has 5 nitrogen and oxygen atoms in total. The monoisotopic (exact) mass is 388 g/mol. The molecule has 1 heterocycles. The number of hydrogen-bond donors (Lipinski definition) is 0. The summed E-state index contributed by atoms with van der Waals surface area (Å²) in [6.45, 7) is 4.64. The lowest BCUT2D eigenvalue weighted by atomic mass is 10.0. The van der Waals surface area contributed by atoms with E-state index in [1.54, 1.807) is 6.92 Å². The number of nitrogens with zero attached hydrogens (tertiary/aromatic N) is 2. The molecule has 1 aromatic heterocycles. The molecular weight excluding hydrogens is 369 g/mol. The van der Waals surface area contributed by atoms with Crippen LogP contribution in [0.25, 0.3) is 0 Å². The highest BCUT2D eigenvalue weighted by molar-refractivity contribution is 7.89. The Kier molecular flexibility index (Phi) is 4.64. The van der Waals surface area contributed by atoms with Gasteiger partial charge in [0.05, 0.1) is 5.56 Å². The molecular formula is C17H19F3N2O3S. The first-order valence-electron chi connectivity index (χ1n) is 8.17. The summed E-state index contributed by atoms with van der Waals surface area (Å²) in [6.07, 6.45) is -3.14. The Morgan fingerprint density at radius 2 is 1.92 bits per heavy atom. The van der Waals surface area contributed by atoms with Crippen LogP contribution >= 0.6 is 0 Å². The lowest BCUT2D eigenvalue weighted by molar-refractivity contribution is -0.137. The van der Waals surface area contributed by atoms with Crippen molar-refractivity contribution in [2.45, 2.75) is 56.8 Å². The predicted octanol–water partition coefficient (Wildman–Crippen LogP) is 4.22. The van der Waals surface area contributed by atoms with Crippen LogP contribution in [0.1, 0.15) is 48.4 Å². The quantitative estimate of drug-likeness (QED) is 0.769. The summed E-state index contributed by atoms with van der Waals surface area (Å²) in [6, 6.07) is 3.80. The molecule has 1 fully saturated rings. The van der Waals surface area contributed by atoms with Crippen molar-refractivity contribution in [3.05, 3.63) is 46.8 Å². The number of aromatic nitrogens is 1. The van der Waals surface area contributed by atoms with Crippen molar-refractivity contribution in [1.29, 1.82) is 0 Å². The lowest BCUT2D eigenvalue weighted by Crippen LogP contribution is -2.36. The van der Waals surface area contributed by atoms with E-state index in [1.165, 1.54) is 30.3 Å². The minimum atomic E-state index is -4.49. The summed E-state index contributed by atoms with van der Waals surface area (Å²) in [7, 11) is -3.96. The SMILES string of the molecule is Cc1noc(C)c1S(=O)(=O)N(C1CC1)[C@@H](C)c1cccc(C(F)(F)F)c1. The molecule has 0 unspecified atom stereocenters. The highest BCUT2D eigenvalue weighted by Gasteiger charge is 2.44. The molecule has 142 valence electrons. The Morgan fingerprint density at radius 1 is 1.27 bits per heavy atom. The fourth-order valence-electron chi connectivity index (χ4n) is 3.12. The summed E-state index contributed by atoms with van der Waals surface area (Å²) in [5.74, 6) is 0.171. The first kappa shape index (κ1) is 18.9. The highest BCUT2D eigenvalue weighted by atomic mass is 32.2. The van der Waals surface area contributed by atoms with Crippen LogP contribution in [0.5, 0.6) is 0 Å². The molecule has 1 aliphatic rings. The summed E-state index contributed by atoms with van der Waals surface area (Å²) >= 11 is 0. The Morgan fingerprint density at radius 3 is 2.42 bits per heavy atom. The maximum Gasteiger partial charge on any atom is 0.416 e. The second kappa shape index (κ2) is 6.38. The van der Waals surface area contributed by atoms with Crippen molar-refractivity contribution in [3.8, 4) is 0 Å². The van der Waals surface area contributed by atoms with Crippen molar-refractivity contribution < 1.29 is 26.1 Å². The molecule has 0 saturated heterocycles. The molecule has 2 aromatic rings. The van der Waals surface area contributed by atoms with Crippen molar-refractivity contribution >= 4 is 10.0 Å². The van der Waals surface area contributed by atoms with Gasteiger partial charge in [0.15, 0.2) is 5.76 Å². The fourth-order valence-corrected chi connectivity index (χ4v) is 5.28. The van der Waals surface area contributed by atoms with E-state index in [-0.39, 0.29) is 22.4 Å². The standard InChI is InChI=1S/C17H19F3N2O3S/c1-10-16(12(3)25-21-10)26(23,24)22(15-7-8-15)11(2)13-5-4-6-14(9-13)17(18,19)20/h4-6,9,11,15H,7-8H2,1-3H3/t11-/m0/s1. The maximum absolute atomic E-state index is 13.2. The van der Waals surface area contributed by atoms with Gasteiger partial charge in [0.1, 0.15) is 10.6 Å². The summed E-state index contributed by atoms with van der Waals surface area (Å²) < 4.78 is 71.7. The van der Waals surface area contributed by atoms with Gasteiger partial charge in [0, 0.05) is 12.1 Å². The van der Waals surface area contributed by atoms with Crippen LogP contribution in [0.15, 0.2) is 33.7 Å². The third kappa shape index (κ3) is 3.37. The third-order valence-corrected chi connectivity index (χ3v) is 6.76. The maximum atomic E-state index is 13.2. The van der Waals surface area contributed by atoms with Gasteiger partial charge < -0.3 is 4.52 Å². The molecule has 0 aliphatic heterocycles. The first-order valence-corrected chi connectivity index (χ1v) is 9.61. The van der Waals surface area contributed by atoms with E-state index in [9.17, 15) is 21.6 Å². The molecule has 0 bridgehead atoms. The van der Waals surface area contributed by atoms with Gasteiger partial charge in [-0.05, 0) is 51.3 Å². The van der Waals surface area contributed by atoms with Crippen molar-refractivity contribution in [2.24, 2.45) is 0 Å². The number of halogens is 3. The van der Waals surface area contributed by atoms with Crippen LogP contribution in [-0.4, -0.2) is 23.9 Å². The van der Waals surface area contributed by atoms with E-state index in [0.717, 1.165) is 12.1 Å². The van der Waals surface area contributed by atoms with Gasteiger partial charge in [-0.3, -0.25) is 0 Å². The zero-order valence-electron chi connectivity index (χ0n) is 14.5. The number of benzene rings is 1. The van der Waals surface area contributed by atoms with Gasteiger partial charge in [0.2, 0.25) is 10.0 Å². The topological polar surface area (TPSA) is 63.4 Å². The van der Waals surface area contributed by atoms with Gasteiger partial charge in [0.25, 0.3) is 0 Å². The fraction of sp³-hybridized carbons (Fsp3) is 0.471. The molecule has 3 rings (SSSR count). The zero-order valence-corrected chi connectivity index (χ0v) is 15.4. The molecule has 1 atom stereocenters. The van der Waals surface area contributed by atoms with E-state index in [1.807, 2.05) is 0 Å². The van der Waals surface area contributed by atoms with Crippen molar-refractivity contribution in [3.63, 3.8) is 0 Å². The number of rotatable bonds is 5. The van der Waals surface area contributed by atoms with E-state index in [2.05, 4.69) is 5.16 Å². The van der Waals surface area contributed by atoms with Crippen LogP contribution in [0.3, 0.4) is 0 Å². The van der Waals surface area contributed by atoms with Gasteiger partial charge in [-0.1, -0.05) is 17.3 Å². The van der Waals surface area contributed by atoms with Crippen LogP contribution in [0, 0.1) is 13.8 Å². The molecule has 9 heteroatoms. The van der Waals surface area contributed by atoms with Gasteiger partial charge >= 0.3 is 6.18 Å². The van der Waals surface area contributed by atoms with Gasteiger partial charge in [-0.2, -0.15) is 17.5 Å².